The van der Waals surface area contributed by atoms with Gasteiger partial charge >= 0.3 is 0 Å². The predicted molar refractivity (Wildman–Crippen MR) is 105 cm³/mol. The molecule has 0 spiro atoms. The number of benzene rings is 2. The van der Waals surface area contributed by atoms with Crippen molar-refractivity contribution >= 4 is 22.7 Å². The van der Waals surface area contributed by atoms with Crippen LogP contribution in [0.5, 0.6) is 0 Å². The van der Waals surface area contributed by atoms with Gasteiger partial charge in [-0.1, -0.05) is 36.4 Å². The number of aromatic nitrogens is 1. The Kier molecular flexibility index (Phi) is 4.92. The molecule has 0 N–H and O–H groups in total. The van der Waals surface area contributed by atoms with Crippen LogP contribution in [-0.4, -0.2) is 52.4 Å². The summed E-state index contributed by atoms with van der Waals surface area (Å²) in [7, 11) is 0. The number of carbonyl (C=O) groups is 2. The van der Waals surface area contributed by atoms with Crippen molar-refractivity contribution in [3.05, 3.63) is 72.4 Å². The van der Waals surface area contributed by atoms with Crippen LogP contribution in [-0.2, 0) is 11.3 Å². The summed E-state index contributed by atoms with van der Waals surface area (Å²) >= 11 is 0. The number of rotatable bonds is 4. The zero-order chi connectivity index (χ0) is 18.6. The van der Waals surface area contributed by atoms with Crippen molar-refractivity contribution in [2.24, 2.45) is 0 Å². The van der Waals surface area contributed by atoms with Gasteiger partial charge in [0.2, 0.25) is 5.91 Å². The van der Waals surface area contributed by atoms with E-state index < -0.39 is 0 Å². The second-order valence-corrected chi connectivity index (χ2v) is 6.86. The van der Waals surface area contributed by atoms with E-state index in [9.17, 15) is 9.59 Å². The molecule has 0 bridgehead atoms. The molecule has 1 aliphatic heterocycles. The van der Waals surface area contributed by atoms with Crippen LogP contribution in [0, 0.1) is 0 Å². The van der Waals surface area contributed by atoms with Gasteiger partial charge in [-0.2, -0.15) is 0 Å². The van der Waals surface area contributed by atoms with Gasteiger partial charge in [0.15, 0.2) is 0 Å². The molecule has 0 unspecified atom stereocenters. The van der Waals surface area contributed by atoms with E-state index >= 15 is 0 Å². The largest absolute Gasteiger partial charge is 0.347 e. The molecule has 1 saturated heterocycles. The van der Waals surface area contributed by atoms with Gasteiger partial charge in [-0.15, -0.1) is 0 Å². The summed E-state index contributed by atoms with van der Waals surface area (Å²) < 4.78 is 2.13. The Morgan fingerprint density at radius 2 is 1.44 bits per heavy atom. The number of hydrogen-bond acceptors (Lipinski definition) is 2. The van der Waals surface area contributed by atoms with Crippen molar-refractivity contribution in [1.29, 1.82) is 0 Å². The Balaban J connectivity index is 1.30. The molecule has 138 valence electrons. The first-order valence-electron chi connectivity index (χ1n) is 9.38. The van der Waals surface area contributed by atoms with Gasteiger partial charge in [0.25, 0.3) is 5.91 Å². The second kappa shape index (κ2) is 7.66. The van der Waals surface area contributed by atoms with Crippen molar-refractivity contribution in [1.82, 2.24) is 14.4 Å². The number of para-hydroxylation sites is 1. The van der Waals surface area contributed by atoms with Crippen molar-refractivity contribution in [3.8, 4) is 0 Å². The van der Waals surface area contributed by atoms with Gasteiger partial charge in [-0.25, -0.2) is 0 Å². The van der Waals surface area contributed by atoms with Crippen LogP contribution in [0.3, 0.4) is 0 Å². The molecule has 27 heavy (non-hydrogen) atoms. The molecule has 3 aromatic rings. The first kappa shape index (κ1) is 17.3. The summed E-state index contributed by atoms with van der Waals surface area (Å²) in [6, 6.07) is 19.6. The zero-order valence-corrected chi connectivity index (χ0v) is 15.3. The van der Waals surface area contributed by atoms with E-state index in [1.807, 2.05) is 58.5 Å². The Hall–Kier alpha value is -3.08. The number of amides is 2. The third-order valence-electron chi connectivity index (χ3n) is 5.19. The number of nitrogens with zero attached hydrogens (tertiary/aromatic N) is 3. The normalized spacial score (nSPS) is 14.5. The van der Waals surface area contributed by atoms with E-state index in [4.69, 9.17) is 0 Å². The molecular formula is C22H23N3O2. The number of fused-ring (bicyclic) bond motifs is 1. The van der Waals surface area contributed by atoms with E-state index in [0.29, 0.717) is 44.7 Å². The standard InChI is InChI=1S/C22H23N3O2/c26-21(11-13-23-12-10-18-6-4-5-9-20(18)23)24-14-16-25(17-15-24)22(27)19-7-2-1-3-8-19/h1-10,12H,11,13-17H2. The monoisotopic (exact) mass is 361 g/mol. The first-order chi connectivity index (χ1) is 13.2. The van der Waals surface area contributed by atoms with Gasteiger partial charge in [-0.05, 0) is 29.7 Å². The summed E-state index contributed by atoms with van der Waals surface area (Å²) in [4.78, 5) is 28.8. The van der Waals surface area contributed by atoms with E-state index in [0.717, 1.165) is 5.52 Å². The van der Waals surface area contributed by atoms with Gasteiger partial charge < -0.3 is 14.4 Å². The minimum atomic E-state index is 0.0431. The fraction of sp³-hybridized carbons (Fsp3) is 0.273. The van der Waals surface area contributed by atoms with E-state index in [-0.39, 0.29) is 11.8 Å². The molecule has 4 rings (SSSR count). The van der Waals surface area contributed by atoms with Crippen LogP contribution in [0.2, 0.25) is 0 Å². The van der Waals surface area contributed by atoms with E-state index in [1.165, 1.54) is 5.39 Å². The Bertz CT molecular complexity index is 940. The summed E-state index contributed by atoms with van der Waals surface area (Å²) in [6.45, 7) is 3.06. The molecule has 5 nitrogen and oxygen atoms in total. The maximum atomic E-state index is 12.6. The molecule has 1 fully saturated rings. The topological polar surface area (TPSA) is 45.6 Å². The van der Waals surface area contributed by atoms with Crippen LogP contribution in [0.1, 0.15) is 16.8 Å². The molecule has 0 saturated carbocycles. The molecule has 2 heterocycles. The third kappa shape index (κ3) is 3.72. The first-order valence-corrected chi connectivity index (χ1v) is 9.38. The average molecular weight is 361 g/mol. The molecule has 1 aromatic heterocycles. The van der Waals surface area contributed by atoms with E-state index in [1.54, 1.807) is 0 Å². The van der Waals surface area contributed by atoms with Gasteiger partial charge in [-0.3, -0.25) is 9.59 Å². The molecule has 0 atom stereocenters. The van der Waals surface area contributed by atoms with Gasteiger partial charge in [0, 0.05) is 56.4 Å². The fourth-order valence-corrected chi connectivity index (χ4v) is 3.63. The minimum absolute atomic E-state index is 0.0431. The molecule has 2 amide bonds. The number of aryl methyl sites for hydroxylation is 1. The van der Waals surface area contributed by atoms with Crippen LogP contribution in [0.15, 0.2) is 66.9 Å². The Labute approximate surface area is 158 Å². The average Bonchev–Trinajstić information content (AvgIpc) is 3.15. The lowest BCUT2D eigenvalue weighted by molar-refractivity contribution is -0.132. The lowest BCUT2D eigenvalue weighted by Crippen LogP contribution is -2.50. The summed E-state index contributed by atoms with van der Waals surface area (Å²) in [5, 5.41) is 1.19. The smallest absolute Gasteiger partial charge is 0.253 e. The molecule has 0 radical (unpaired) electrons. The Morgan fingerprint density at radius 3 is 2.22 bits per heavy atom. The summed E-state index contributed by atoms with van der Waals surface area (Å²) in [5.74, 6) is 0.195. The summed E-state index contributed by atoms with van der Waals surface area (Å²) in [5.41, 5.74) is 1.86. The molecule has 5 heteroatoms. The maximum Gasteiger partial charge on any atom is 0.253 e. The van der Waals surface area contributed by atoms with Crippen LogP contribution >= 0.6 is 0 Å². The quantitative estimate of drug-likeness (QED) is 0.717. The lowest BCUT2D eigenvalue weighted by Gasteiger charge is -2.35. The van der Waals surface area contributed by atoms with Crippen molar-refractivity contribution in [3.63, 3.8) is 0 Å². The zero-order valence-electron chi connectivity index (χ0n) is 15.3. The molecule has 2 aromatic carbocycles. The van der Waals surface area contributed by atoms with Crippen LogP contribution < -0.4 is 0 Å². The molecule has 0 aliphatic carbocycles. The molecular weight excluding hydrogens is 338 g/mol. The van der Waals surface area contributed by atoms with Crippen LogP contribution in [0.4, 0.5) is 0 Å². The number of piperazine rings is 1. The SMILES string of the molecule is O=C(CCn1ccc2ccccc21)N1CCN(C(=O)c2ccccc2)CC1. The highest BCUT2D eigenvalue weighted by Crippen LogP contribution is 2.16. The van der Waals surface area contributed by atoms with Gasteiger partial charge in [0.1, 0.15) is 0 Å². The predicted octanol–water partition coefficient (Wildman–Crippen LogP) is 3.02. The minimum Gasteiger partial charge on any atom is -0.347 e. The number of hydrogen-bond donors (Lipinski definition) is 0. The third-order valence-corrected chi connectivity index (χ3v) is 5.19. The second-order valence-electron chi connectivity index (χ2n) is 6.86. The fourth-order valence-electron chi connectivity index (χ4n) is 3.63. The van der Waals surface area contributed by atoms with Crippen LogP contribution in [0.25, 0.3) is 10.9 Å². The van der Waals surface area contributed by atoms with E-state index in [2.05, 4.69) is 22.8 Å². The van der Waals surface area contributed by atoms with Crippen molar-refractivity contribution in [2.75, 3.05) is 26.2 Å². The summed E-state index contributed by atoms with van der Waals surface area (Å²) in [6.07, 6.45) is 2.51. The maximum absolute atomic E-state index is 12.6. The van der Waals surface area contributed by atoms with Gasteiger partial charge in [0.05, 0.1) is 0 Å². The molecule has 1 aliphatic rings. The Morgan fingerprint density at radius 1 is 0.778 bits per heavy atom. The highest BCUT2D eigenvalue weighted by atomic mass is 16.2. The lowest BCUT2D eigenvalue weighted by atomic mass is 10.2. The highest BCUT2D eigenvalue weighted by molar-refractivity contribution is 5.94. The van der Waals surface area contributed by atoms with Crippen molar-refractivity contribution < 1.29 is 9.59 Å². The number of carbonyl (C=O) groups excluding carboxylic acids is 2. The highest BCUT2D eigenvalue weighted by Gasteiger charge is 2.24. The van der Waals surface area contributed by atoms with Crippen molar-refractivity contribution in [2.45, 2.75) is 13.0 Å².